The van der Waals surface area contributed by atoms with E-state index < -0.39 is 5.91 Å². The summed E-state index contributed by atoms with van der Waals surface area (Å²) in [7, 11) is 1.73. The lowest BCUT2D eigenvalue weighted by atomic mass is 10.2. The molecule has 1 atom stereocenters. The molecule has 1 aromatic carbocycles. The van der Waals surface area contributed by atoms with Crippen LogP contribution in [0.2, 0.25) is 0 Å². The fourth-order valence-electron chi connectivity index (χ4n) is 1.21. The number of aliphatic hydroxyl groups excluding tert-OH is 1. The van der Waals surface area contributed by atoms with Crippen LogP contribution in [-0.2, 0) is 0 Å². The van der Waals surface area contributed by atoms with Crippen LogP contribution in [0.4, 0.5) is 0 Å². The SMILES string of the molecule is CN[C@H](CO)COc1ccccc1C(N)=O. The Hall–Kier alpha value is -1.59. The number of likely N-dealkylation sites (N-methyl/N-ethyl adjacent to an activating group) is 1. The molecule has 0 aliphatic carbocycles. The summed E-state index contributed by atoms with van der Waals surface area (Å²) in [5.74, 6) is -0.0932. The minimum Gasteiger partial charge on any atom is -0.491 e. The fraction of sp³-hybridized carbons (Fsp3) is 0.364. The molecule has 4 N–H and O–H groups in total. The molecule has 0 saturated carbocycles. The van der Waals surface area contributed by atoms with Crippen LogP contribution in [-0.4, -0.2) is 37.3 Å². The number of nitrogens with one attached hydrogen (secondary N) is 1. The second-order valence-electron chi connectivity index (χ2n) is 3.34. The van der Waals surface area contributed by atoms with Gasteiger partial charge in [0.15, 0.2) is 0 Å². The van der Waals surface area contributed by atoms with E-state index >= 15 is 0 Å². The topological polar surface area (TPSA) is 84.6 Å². The van der Waals surface area contributed by atoms with Crippen LogP contribution in [0.15, 0.2) is 24.3 Å². The number of rotatable bonds is 6. The van der Waals surface area contributed by atoms with Crippen molar-refractivity contribution in [3.63, 3.8) is 0 Å². The second kappa shape index (κ2) is 6.09. The number of para-hydroxylation sites is 1. The Balaban J connectivity index is 2.69. The largest absolute Gasteiger partial charge is 0.491 e. The number of primary amides is 1. The summed E-state index contributed by atoms with van der Waals surface area (Å²) in [6, 6.07) is 6.58. The molecule has 0 aliphatic heterocycles. The molecule has 16 heavy (non-hydrogen) atoms. The Morgan fingerprint density at radius 1 is 1.56 bits per heavy atom. The second-order valence-corrected chi connectivity index (χ2v) is 3.34. The van der Waals surface area contributed by atoms with E-state index in [4.69, 9.17) is 15.6 Å². The zero-order valence-electron chi connectivity index (χ0n) is 9.14. The average molecular weight is 224 g/mol. The Bertz CT molecular complexity index is 351. The maximum atomic E-state index is 11.1. The van der Waals surface area contributed by atoms with Crippen LogP contribution in [0, 0.1) is 0 Å². The first kappa shape index (κ1) is 12.5. The highest BCUT2D eigenvalue weighted by Gasteiger charge is 2.10. The van der Waals surface area contributed by atoms with E-state index in [0.29, 0.717) is 11.3 Å². The maximum Gasteiger partial charge on any atom is 0.252 e. The van der Waals surface area contributed by atoms with Crippen molar-refractivity contribution in [3.8, 4) is 5.75 Å². The van der Waals surface area contributed by atoms with Crippen molar-refractivity contribution in [1.29, 1.82) is 0 Å². The summed E-state index contributed by atoms with van der Waals surface area (Å²) < 4.78 is 5.42. The van der Waals surface area contributed by atoms with E-state index in [0.717, 1.165) is 0 Å². The first-order valence-corrected chi connectivity index (χ1v) is 4.98. The third-order valence-corrected chi connectivity index (χ3v) is 2.22. The van der Waals surface area contributed by atoms with Gasteiger partial charge in [-0.25, -0.2) is 0 Å². The Labute approximate surface area is 94.2 Å². The smallest absolute Gasteiger partial charge is 0.252 e. The molecule has 0 heterocycles. The Kier molecular flexibility index (Phi) is 4.75. The summed E-state index contributed by atoms with van der Waals surface area (Å²) in [5, 5.41) is 11.8. The number of carbonyl (C=O) groups excluding carboxylic acids is 1. The number of hydrogen-bond acceptors (Lipinski definition) is 4. The van der Waals surface area contributed by atoms with E-state index in [-0.39, 0.29) is 19.3 Å². The van der Waals surface area contributed by atoms with Gasteiger partial charge in [-0.1, -0.05) is 12.1 Å². The van der Waals surface area contributed by atoms with Gasteiger partial charge in [-0.2, -0.15) is 0 Å². The molecule has 1 aromatic rings. The van der Waals surface area contributed by atoms with E-state index in [2.05, 4.69) is 5.32 Å². The van der Waals surface area contributed by atoms with Crippen molar-refractivity contribution in [2.75, 3.05) is 20.3 Å². The molecule has 5 nitrogen and oxygen atoms in total. The molecule has 0 radical (unpaired) electrons. The Morgan fingerprint density at radius 2 is 2.25 bits per heavy atom. The summed E-state index contributed by atoms with van der Waals surface area (Å²) in [6.45, 7) is 0.243. The quantitative estimate of drug-likeness (QED) is 0.622. The number of hydrogen-bond donors (Lipinski definition) is 3. The van der Waals surface area contributed by atoms with Crippen molar-refractivity contribution in [2.24, 2.45) is 5.73 Å². The van der Waals surface area contributed by atoms with Crippen LogP contribution in [0.3, 0.4) is 0 Å². The molecule has 5 heteroatoms. The van der Waals surface area contributed by atoms with E-state index in [1.54, 1.807) is 31.3 Å². The van der Waals surface area contributed by atoms with E-state index in [1.807, 2.05) is 0 Å². The monoisotopic (exact) mass is 224 g/mol. The van der Waals surface area contributed by atoms with E-state index in [9.17, 15) is 4.79 Å². The molecular formula is C11H16N2O3. The van der Waals surface area contributed by atoms with Gasteiger partial charge in [-0.3, -0.25) is 4.79 Å². The summed E-state index contributed by atoms with van der Waals surface area (Å²) in [6.07, 6.45) is 0. The van der Waals surface area contributed by atoms with Gasteiger partial charge in [0.1, 0.15) is 12.4 Å². The summed E-state index contributed by atoms with van der Waals surface area (Å²) in [5.41, 5.74) is 5.54. The molecular weight excluding hydrogens is 208 g/mol. The van der Waals surface area contributed by atoms with Gasteiger partial charge < -0.3 is 20.9 Å². The number of carbonyl (C=O) groups is 1. The summed E-state index contributed by atoms with van der Waals surface area (Å²) in [4.78, 5) is 11.1. The molecule has 0 saturated heterocycles. The molecule has 1 amide bonds. The van der Waals surface area contributed by atoms with Crippen LogP contribution in [0.25, 0.3) is 0 Å². The molecule has 0 unspecified atom stereocenters. The normalized spacial score (nSPS) is 12.1. The van der Waals surface area contributed by atoms with Crippen LogP contribution in [0.1, 0.15) is 10.4 Å². The highest BCUT2D eigenvalue weighted by Crippen LogP contribution is 2.17. The number of benzene rings is 1. The van der Waals surface area contributed by atoms with Crippen molar-refractivity contribution in [1.82, 2.24) is 5.32 Å². The van der Waals surface area contributed by atoms with Gasteiger partial charge in [-0.05, 0) is 19.2 Å². The number of aliphatic hydroxyl groups is 1. The lowest BCUT2D eigenvalue weighted by Gasteiger charge is -2.15. The minimum absolute atomic E-state index is 0.0325. The van der Waals surface area contributed by atoms with Gasteiger partial charge in [0.2, 0.25) is 0 Å². The minimum atomic E-state index is -0.527. The lowest BCUT2D eigenvalue weighted by Crippen LogP contribution is -2.35. The van der Waals surface area contributed by atoms with Crippen molar-refractivity contribution in [2.45, 2.75) is 6.04 Å². The highest BCUT2D eigenvalue weighted by atomic mass is 16.5. The number of nitrogens with two attached hydrogens (primary N) is 1. The van der Waals surface area contributed by atoms with Crippen molar-refractivity contribution < 1.29 is 14.6 Å². The van der Waals surface area contributed by atoms with Gasteiger partial charge in [0, 0.05) is 0 Å². The summed E-state index contributed by atoms with van der Waals surface area (Å²) >= 11 is 0. The van der Waals surface area contributed by atoms with Crippen LogP contribution in [0.5, 0.6) is 5.75 Å². The highest BCUT2D eigenvalue weighted by molar-refractivity contribution is 5.95. The van der Waals surface area contributed by atoms with Gasteiger partial charge in [0.25, 0.3) is 5.91 Å². The third-order valence-electron chi connectivity index (χ3n) is 2.22. The molecule has 0 aromatic heterocycles. The van der Waals surface area contributed by atoms with Gasteiger partial charge in [-0.15, -0.1) is 0 Å². The predicted molar refractivity (Wildman–Crippen MR) is 60.4 cm³/mol. The molecule has 0 aliphatic rings. The third kappa shape index (κ3) is 3.22. The first-order valence-electron chi connectivity index (χ1n) is 4.98. The van der Waals surface area contributed by atoms with E-state index in [1.165, 1.54) is 0 Å². The molecule has 0 spiro atoms. The fourth-order valence-corrected chi connectivity index (χ4v) is 1.21. The molecule has 0 fully saturated rings. The average Bonchev–Trinajstić information content (AvgIpc) is 2.30. The maximum absolute atomic E-state index is 11.1. The van der Waals surface area contributed by atoms with Crippen LogP contribution >= 0.6 is 0 Å². The van der Waals surface area contributed by atoms with Crippen LogP contribution < -0.4 is 15.8 Å². The number of amides is 1. The predicted octanol–water partition coefficient (Wildman–Crippen LogP) is -0.255. The Morgan fingerprint density at radius 3 is 2.81 bits per heavy atom. The molecule has 0 bridgehead atoms. The lowest BCUT2D eigenvalue weighted by molar-refractivity contribution is 0.0995. The standard InChI is InChI=1S/C11H16N2O3/c1-13-8(6-14)7-16-10-5-3-2-4-9(10)11(12)15/h2-5,8,13-14H,6-7H2,1H3,(H2,12,15)/t8-/m1/s1. The first-order chi connectivity index (χ1) is 7.69. The zero-order valence-corrected chi connectivity index (χ0v) is 9.14. The van der Waals surface area contributed by atoms with Crippen molar-refractivity contribution >= 4 is 5.91 Å². The number of ether oxygens (including phenoxy) is 1. The van der Waals surface area contributed by atoms with Gasteiger partial charge >= 0.3 is 0 Å². The molecule has 88 valence electrons. The molecule has 1 rings (SSSR count). The van der Waals surface area contributed by atoms with Crippen molar-refractivity contribution in [3.05, 3.63) is 29.8 Å². The van der Waals surface area contributed by atoms with Gasteiger partial charge in [0.05, 0.1) is 18.2 Å². The zero-order chi connectivity index (χ0) is 12.0.